The second-order valence-corrected chi connectivity index (χ2v) is 4.77. The number of nitrogens with one attached hydrogen (secondary N) is 1. The van der Waals surface area contributed by atoms with Crippen molar-refractivity contribution in [2.24, 2.45) is 0 Å². The average Bonchev–Trinajstić information content (AvgIpc) is 2.58. The van der Waals surface area contributed by atoms with Gasteiger partial charge in [-0.05, 0) is 30.8 Å². The van der Waals surface area contributed by atoms with Crippen LogP contribution in [0, 0.1) is 0 Å². The fourth-order valence-corrected chi connectivity index (χ4v) is 2.81. The normalized spacial score (nSPS) is 30.4. The van der Waals surface area contributed by atoms with Crippen molar-refractivity contribution < 1.29 is 0 Å². The van der Waals surface area contributed by atoms with Crippen LogP contribution in [0.1, 0.15) is 24.6 Å². The van der Waals surface area contributed by atoms with Crippen LogP contribution in [0.4, 0.5) is 0 Å². The maximum Gasteiger partial charge on any atom is 0.0144 e. The maximum absolute atomic E-state index is 3.47. The van der Waals surface area contributed by atoms with Gasteiger partial charge in [-0.3, -0.25) is 0 Å². The first-order chi connectivity index (χ1) is 5.81. The van der Waals surface area contributed by atoms with Gasteiger partial charge >= 0.3 is 0 Å². The number of hydrogen-bond donors (Lipinski definition) is 1. The van der Waals surface area contributed by atoms with Gasteiger partial charge in [-0.25, -0.2) is 0 Å². The van der Waals surface area contributed by atoms with E-state index in [9.17, 15) is 0 Å². The highest BCUT2D eigenvalue weighted by Crippen LogP contribution is 2.33. The van der Waals surface area contributed by atoms with Crippen molar-refractivity contribution in [1.29, 1.82) is 0 Å². The summed E-state index contributed by atoms with van der Waals surface area (Å²) in [6.45, 7) is 4.71. The summed E-state index contributed by atoms with van der Waals surface area (Å²) >= 11 is 1.89. The molecule has 1 nitrogen and oxygen atoms in total. The number of hydrogen-bond acceptors (Lipinski definition) is 2. The van der Waals surface area contributed by atoms with Gasteiger partial charge < -0.3 is 5.32 Å². The molecule has 1 unspecified atom stereocenters. The molecule has 1 N–H and O–H groups in total. The van der Waals surface area contributed by atoms with Crippen LogP contribution in [0.5, 0.6) is 0 Å². The molecule has 1 fully saturated rings. The van der Waals surface area contributed by atoms with Crippen molar-refractivity contribution in [1.82, 2.24) is 5.32 Å². The zero-order valence-corrected chi connectivity index (χ0v) is 8.29. The number of rotatable bonds is 1. The van der Waals surface area contributed by atoms with Crippen LogP contribution in [0.3, 0.4) is 0 Å². The Morgan fingerprint density at radius 2 is 2.50 bits per heavy atom. The molecule has 0 amide bonds. The van der Waals surface area contributed by atoms with Crippen molar-refractivity contribution in [3.63, 3.8) is 0 Å². The van der Waals surface area contributed by atoms with Crippen LogP contribution in [0.15, 0.2) is 17.5 Å². The topological polar surface area (TPSA) is 12.0 Å². The molecule has 2 heterocycles. The predicted molar refractivity (Wildman–Crippen MR) is 53.8 cm³/mol. The Morgan fingerprint density at radius 1 is 1.58 bits per heavy atom. The van der Waals surface area contributed by atoms with Gasteiger partial charge in [0.15, 0.2) is 0 Å². The minimum absolute atomic E-state index is 0.409. The molecule has 1 aromatic rings. The average molecular weight is 181 g/mol. The Morgan fingerprint density at radius 3 is 3.08 bits per heavy atom. The lowest BCUT2D eigenvalue weighted by molar-refractivity contribution is 0.345. The quantitative estimate of drug-likeness (QED) is 0.701. The molecule has 1 aliphatic heterocycles. The smallest absolute Gasteiger partial charge is 0.0144 e. The summed E-state index contributed by atoms with van der Waals surface area (Å²) in [6, 6.07) is 4.41. The third-order valence-electron chi connectivity index (χ3n) is 2.71. The minimum atomic E-state index is 0.409. The lowest BCUT2D eigenvalue weighted by atomic mass is 9.81. The van der Waals surface area contributed by atoms with E-state index in [1.807, 2.05) is 11.3 Å². The largest absolute Gasteiger partial charge is 0.316 e. The Hall–Kier alpha value is -0.340. The lowest BCUT2D eigenvalue weighted by Crippen LogP contribution is -2.40. The first-order valence-electron chi connectivity index (χ1n) is 4.56. The predicted octanol–water partition coefficient (Wildman–Crippen LogP) is 2.39. The van der Waals surface area contributed by atoms with Gasteiger partial charge in [0.1, 0.15) is 0 Å². The lowest BCUT2D eigenvalue weighted by Gasteiger charge is -2.33. The Balaban J connectivity index is 2.19. The molecule has 1 saturated heterocycles. The van der Waals surface area contributed by atoms with Gasteiger partial charge in [-0.15, -0.1) is 11.3 Å². The molecule has 2 heteroatoms. The third kappa shape index (κ3) is 1.41. The van der Waals surface area contributed by atoms with Gasteiger partial charge in [0.2, 0.25) is 0 Å². The Bertz CT molecular complexity index is 234. The van der Waals surface area contributed by atoms with E-state index in [4.69, 9.17) is 0 Å². The van der Waals surface area contributed by atoms with Crippen LogP contribution in [0.2, 0.25) is 0 Å². The molecule has 1 atom stereocenters. The van der Waals surface area contributed by atoms with Crippen molar-refractivity contribution in [2.75, 3.05) is 13.1 Å². The van der Waals surface area contributed by atoms with E-state index in [1.165, 1.54) is 24.3 Å². The van der Waals surface area contributed by atoms with Crippen molar-refractivity contribution in [3.05, 3.63) is 22.4 Å². The molecular weight excluding hydrogens is 166 g/mol. The van der Waals surface area contributed by atoms with Gasteiger partial charge in [0.05, 0.1) is 0 Å². The molecule has 0 spiro atoms. The summed E-state index contributed by atoms with van der Waals surface area (Å²) in [5.74, 6) is 0. The first-order valence-corrected chi connectivity index (χ1v) is 5.44. The van der Waals surface area contributed by atoms with Gasteiger partial charge in [-0.1, -0.05) is 13.0 Å². The monoisotopic (exact) mass is 181 g/mol. The molecule has 2 rings (SSSR count). The summed E-state index contributed by atoms with van der Waals surface area (Å²) < 4.78 is 0. The number of thiophene rings is 1. The van der Waals surface area contributed by atoms with E-state index in [1.54, 1.807) is 0 Å². The summed E-state index contributed by atoms with van der Waals surface area (Å²) in [6.07, 6.45) is 2.65. The zero-order chi connectivity index (χ0) is 8.44. The fraction of sp³-hybridized carbons (Fsp3) is 0.600. The molecule has 0 aromatic carbocycles. The van der Waals surface area contributed by atoms with E-state index in [0.717, 1.165) is 6.54 Å². The van der Waals surface area contributed by atoms with Crippen molar-refractivity contribution in [3.8, 4) is 0 Å². The Kier molecular flexibility index (Phi) is 2.20. The molecule has 0 bridgehead atoms. The van der Waals surface area contributed by atoms with E-state index in [-0.39, 0.29) is 0 Å². The van der Waals surface area contributed by atoms with Crippen LogP contribution in [-0.2, 0) is 5.41 Å². The van der Waals surface area contributed by atoms with Crippen LogP contribution >= 0.6 is 11.3 Å². The van der Waals surface area contributed by atoms with Crippen LogP contribution < -0.4 is 5.32 Å². The summed E-state index contributed by atoms with van der Waals surface area (Å²) in [4.78, 5) is 1.54. The summed E-state index contributed by atoms with van der Waals surface area (Å²) in [5, 5.41) is 5.65. The molecule has 66 valence electrons. The first kappa shape index (κ1) is 8.27. The van der Waals surface area contributed by atoms with Gasteiger partial charge in [0, 0.05) is 16.8 Å². The van der Waals surface area contributed by atoms with Crippen molar-refractivity contribution in [2.45, 2.75) is 25.2 Å². The zero-order valence-electron chi connectivity index (χ0n) is 7.47. The second kappa shape index (κ2) is 3.19. The molecule has 0 aliphatic carbocycles. The fourth-order valence-electron chi connectivity index (χ4n) is 1.89. The van der Waals surface area contributed by atoms with E-state index in [2.05, 4.69) is 29.8 Å². The molecule has 0 radical (unpaired) electrons. The summed E-state index contributed by atoms with van der Waals surface area (Å²) in [5.41, 5.74) is 0.409. The molecule has 0 saturated carbocycles. The Labute approximate surface area is 77.8 Å². The van der Waals surface area contributed by atoms with Crippen LogP contribution in [0.25, 0.3) is 0 Å². The summed E-state index contributed by atoms with van der Waals surface area (Å²) in [7, 11) is 0. The van der Waals surface area contributed by atoms with Crippen LogP contribution in [-0.4, -0.2) is 13.1 Å². The molecule has 1 aliphatic rings. The minimum Gasteiger partial charge on any atom is -0.316 e. The van der Waals surface area contributed by atoms with Gasteiger partial charge in [0.25, 0.3) is 0 Å². The third-order valence-corrected chi connectivity index (χ3v) is 3.89. The van der Waals surface area contributed by atoms with Gasteiger partial charge in [-0.2, -0.15) is 0 Å². The van der Waals surface area contributed by atoms with E-state index < -0.39 is 0 Å². The number of piperidine rings is 1. The van der Waals surface area contributed by atoms with Crippen molar-refractivity contribution >= 4 is 11.3 Å². The molecule has 1 aromatic heterocycles. The standard InChI is InChI=1S/C10H15NS/c1-10(5-3-6-11-8-10)9-4-2-7-12-9/h2,4,7,11H,3,5-6,8H2,1H3. The van der Waals surface area contributed by atoms with E-state index in [0.29, 0.717) is 5.41 Å². The molecule has 12 heavy (non-hydrogen) atoms. The highest BCUT2D eigenvalue weighted by Gasteiger charge is 2.29. The highest BCUT2D eigenvalue weighted by atomic mass is 32.1. The SMILES string of the molecule is CC1(c2cccs2)CCCNC1. The highest BCUT2D eigenvalue weighted by molar-refractivity contribution is 7.10. The maximum atomic E-state index is 3.47. The molecular formula is C10H15NS. The second-order valence-electron chi connectivity index (χ2n) is 3.82. The van der Waals surface area contributed by atoms with E-state index >= 15 is 0 Å².